The third-order valence-corrected chi connectivity index (χ3v) is 6.39. The highest BCUT2D eigenvalue weighted by atomic mass is 35.5. The molecule has 11 heteroatoms. The van der Waals surface area contributed by atoms with Crippen molar-refractivity contribution in [2.45, 2.75) is 45.3 Å². The number of carboxylic acid groups (broad SMARTS) is 1. The molecule has 0 bridgehead atoms. The van der Waals surface area contributed by atoms with Gasteiger partial charge >= 0.3 is 5.97 Å². The number of carbonyl (C=O) groups excluding carboxylic acids is 1. The lowest BCUT2D eigenvalue weighted by molar-refractivity contribution is 0.0538. The molecule has 0 aromatic carbocycles. The Kier molecular flexibility index (Phi) is 6.76. The summed E-state index contributed by atoms with van der Waals surface area (Å²) in [6.45, 7) is 4.83. The van der Waals surface area contributed by atoms with E-state index in [0.29, 0.717) is 35.5 Å². The van der Waals surface area contributed by atoms with Crippen molar-refractivity contribution in [2.24, 2.45) is 0 Å². The summed E-state index contributed by atoms with van der Waals surface area (Å²) in [6.07, 6.45) is 1.98. The first-order valence-electron chi connectivity index (χ1n) is 9.37. The van der Waals surface area contributed by atoms with Crippen LogP contribution in [0.3, 0.4) is 0 Å². The number of aromatic nitrogens is 3. The summed E-state index contributed by atoms with van der Waals surface area (Å²) in [5.74, 6) is -1.11. The second-order valence-electron chi connectivity index (χ2n) is 6.91. The van der Waals surface area contributed by atoms with Crippen LogP contribution in [0.4, 0.5) is 5.13 Å². The molecule has 2 aromatic heterocycles. The Morgan fingerprint density at radius 1 is 1.45 bits per heavy atom. The van der Waals surface area contributed by atoms with Crippen LogP contribution >= 0.6 is 22.9 Å². The molecule has 1 saturated heterocycles. The lowest BCUT2D eigenvalue weighted by Gasteiger charge is -2.37. The number of aryl methyl sites for hydroxylation is 2. The second-order valence-corrected chi connectivity index (χ2v) is 8.25. The Morgan fingerprint density at radius 3 is 2.83 bits per heavy atom. The molecule has 3 rings (SSSR count). The van der Waals surface area contributed by atoms with Crippen LogP contribution in [-0.4, -0.2) is 64.3 Å². The van der Waals surface area contributed by atoms with Gasteiger partial charge in [-0.15, -0.1) is 0 Å². The Balaban J connectivity index is 1.67. The molecule has 1 fully saturated rings. The summed E-state index contributed by atoms with van der Waals surface area (Å²) in [5.41, 5.74) is 1.25. The van der Waals surface area contributed by atoms with Crippen molar-refractivity contribution in [2.75, 3.05) is 25.1 Å². The number of carboxylic acids is 1. The molecule has 3 heterocycles. The minimum atomic E-state index is -0.976. The number of aromatic carboxylic acids is 1. The van der Waals surface area contributed by atoms with Gasteiger partial charge in [0.2, 0.25) is 0 Å². The number of methoxy groups -OCH3 is 1. The van der Waals surface area contributed by atoms with Gasteiger partial charge in [0, 0.05) is 20.2 Å². The molecule has 2 atom stereocenters. The number of halogens is 1. The van der Waals surface area contributed by atoms with Gasteiger partial charge in [0.25, 0.3) is 5.91 Å². The normalized spacial score (nSPS) is 19.4. The zero-order chi connectivity index (χ0) is 21.1. The van der Waals surface area contributed by atoms with E-state index in [-0.39, 0.29) is 28.8 Å². The fourth-order valence-electron chi connectivity index (χ4n) is 3.36. The zero-order valence-corrected chi connectivity index (χ0v) is 18.1. The molecule has 0 spiro atoms. The maximum atomic E-state index is 12.6. The average molecular weight is 442 g/mol. The van der Waals surface area contributed by atoms with Crippen molar-refractivity contribution in [1.29, 1.82) is 0 Å². The van der Waals surface area contributed by atoms with Crippen LogP contribution in [-0.2, 0) is 11.2 Å². The Hall–Kier alpha value is -2.17. The number of carbonyl (C=O) groups is 2. The number of thiazole rings is 1. The van der Waals surface area contributed by atoms with Crippen LogP contribution in [0.15, 0.2) is 0 Å². The topological polar surface area (TPSA) is 120 Å². The Bertz CT molecular complexity index is 899. The Labute approximate surface area is 177 Å². The van der Waals surface area contributed by atoms with E-state index in [0.717, 1.165) is 29.9 Å². The third kappa shape index (κ3) is 4.71. The van der Waals surface area contributed by atoms with Crippen LogP contribution in [0.25, 0.3) is 0 Å². The van der Waals surface area contributed by atoms with Gasteiger partial charge in [-0.3, -0.25) is 4.79 Å². The van der Waals surface area contributed by atoms with Crippen LogP contribution in [0.5, 0.6) is 0 Å². The van der Waals surface area contributed by atoms with Crippen LogP contribution in [0.1, 0.15) is 51.4 Å². The molecule has 1 amide bonds. The highest BCUT2D eigenvalue weighted by Crippen LogP contribution is 2.29. The lowest BCUT2D eigenvalue weighted by atomic mass is 10.0. The van der Waals surface area contributed by atoms with Crippen molar-refractivity contribution in [1.82, 2.24) is 20.3 Å². The largest absolute Gasteiger partial charge is 0.477 e. The fourth-order valence-corrected chi connectivity index (χ4v) is 4.53. The number of H-pyrrole nitrogens is 1. The van der Waals surface area contributed by atoms with Gasteiger partial charge in [0.1, 0.15) is 4.88 Å². The molecule has 3 N–H and O–H groups in total. The van der Waals surface area contributed by atoms with Gasteiger partial charge in [-0.25, -0.2) is 14.8 Å². The minimum absolute atomic E-state index is 0.192. The van der Waals surface area contributed by atoms with E-state index < -0.39 is 5.97 Å². The van der Waals surface area contributed by atoms with E-state index in [1.807, 2.05) is 11.8 Å². The average Bonchev–Trinajstić information content (AvgIpc) is 3.25. The fraction of sp³-hybridized carbons (Fsp3) is 0.556. The third-order valence-electron chi connectivity index (χ3n) is 4.87. The zero-order valence-electron chi connectivity index (χ0n) is 16.5. The van der Waals surface area contributed by atoms with Gasteiger partial charge in [-0.1, -0.05) is 36.3 Å². The van der Waals surface area contributed by atoms with E-state index in [1.165, 1.54) is 0 Å². The number of hydrogen-bond donors (Lipinski definition) is 3. The van der Waals surface area contributed by atoms with Gasteiger partial charge in [-0.2, -0.15) is 0 Å². The van der Waals surface area contributed by atoms with Gasteiger partial charge < -0.3 is 25.0 Å². The quantitative estimate of drug-likeness (QED) is 0.603. The number of aromatic amines is 1. The number of hydrogen-bond acceptors (Lipinski definition) is 7. The number of anilines is 1. The molecule has 29 heavy (non-hydrogen) atoms. The first-order chi connectivity index (χ1) is 13.8. The highest BCUT2D eigenvalue weighted by molar-refractivity contribution is 7.17. The summed E-state index contributed by atoms with van der Waals surface area (Å²) in [5, 5.41) is 13.2. The molecule has 9 nitrogen and oxygen atoms in total. The lowest BCUT2D eigenvalue weighted by Crippen LogP contribution is -2.55. The summed E-state index contributed by atoms with van der Waals surface area (Å²) in [4.78, 5) is 37.6. The molecule has 1 aliphatic rings. The first-order valence-corrected chi connectivity index (χ1v) is 10.6. The molecule has 158 valence electrons. The number of imidazole rings is 1. The Morgan fingerprint density at radius 2 is 2.21 bits per heavy atom. The van der Waals surface area contributed by atoms with Crippen molar-refractivity contribution in [3.8, 4) is 0 Å². The molecule has 2 aromatic rings. The second kappa shape index (κ2) is 9.10. The SMILES string of the molecule is CCCc1[nH]c(C(=O)NC2CCN(c3nc(C)c(C(=O)O)s3)C[C@@H]2OC)nc1Cl. The molecule has 1 unspecified atom stereocenters. The molecular formula is C18H24ClN5O4S. The smallest absolute Gasteiger partial charge is 0.347 e. The number of nitrogens with one attached hydrogen (secondary N) is 2. The van der Waals surface area contributed by atoms with Gasteiger partial charge in [0.15, 0.2) is 16.1 Å². The van der Waals surface area contributed by atoms with E-state index >= 15 is 0 Å². The van der Waals surface area contributed by atoms with Crippen molar-refractivity contribution in [3.63, 3.8) is 0 Å². The number of amides is 1. The van der Waals surface area contributed by atoms with Crippen LogP contribution in [0.2, 0.25) is 5.15 Å². The summed E-state index contributed by atoms with van der Waals surface area (Å²) < 4.78 is 5.59. The van der Waals surface area contributed by atoms with E-state index in [4.69, 9.17) is 16.3 Å². The van der Waals surface area contributed by atoms with Crippen LogP contribution < -0.4 is 10.2 Å². The first kappa shape index (κ1) is 21.5. The standard InChI is InChI=1S/C18H24ClN5O4S/c1-4-5-11-14(19)23-15(21-11)16(25)22-10-6-7-24(8-12(10)28-3)18-20-9(2)13(29-18)17(26)27/h10,12H,4-8H2,1-3H3,(H,21,23)(H,22,25)(H,26,27)/t10?,12-/m0/s1. The van der Waals surface area contributed by atoms with E-state index in [1.54, 1.807) is 14.0 Å². The number of nitrogens with zero attached hydrogens (tertiary/aromatic N) is 3. The summed E-state index contributed by atoms with van der Waals surface area (Å²) in [7, 11) is 1.59. The molecule has 0 saturated carbocycles. The molecule has 0 radical (unpaired) electrons. The van der Waals surface area contributed by atoms with Gasteiger partial charge in [0.05, 0.1) is 23.5 Å². The number of rotatable bonds is 7. The van der Waals surface area contributed by atoms with Crippen LogP contribution in [0, 0.1) is 6.92 Å². The predicted octanol–water partition coefficient (Wildman–Crippen LogP) is 2.50. The number of piperidine rings is 1. The molecule has 1 aliphatic heterocycles. The van der Waals surface area contributed by atoms with E-state index in [9.17, 15) is 14.7 Å². The summed E-state index contributed by atoms with van der Waals surface area (Å²) in [6, 6.07) is -0.206. The minimum Gasteiger partial charge on any atom is -0.477 e. The van der Waals surface area contributed by atoms with Gasteiger partial charge in [-0.05, 0) is 19.8 Å². The number of ether oxygens (including phenoxy) is 1. The maximum absolute atomic E-state index is 12.6. The highest BCUT2D eigenvalue weighted by Gasteiger charge is 2.33. The maximum Gasteiger partial charge on any atom is 0.347 e. The van der Waals surface area contributed by atoms with Crippen molar-refractivity contribution >= 4 is 39.9 Å². The summed E-state index contributed by atoms with van der Waals surface area (Å²) >= 11 is 7.24. The van der Waals surface area contributed by atoms with Crippen molar-refractivity contribution < 1.29 is 19.4 Å². The predicted molar refractivity (Wildman–Crippen MR) is 110 cm³/mol. The van der Waals surface area contributed by atoms with E-state index in [2.05, 4.69) is 20.3 Å². The molecular weight excluding hydrogens is 418 g/mol. The molecule has 0 aliphatic carbocycles. The monoisotopic (exact) mass is 441 g/mol. The van der Waals surface area contributed by atoms with Crippen molar-refractivity contribution in [3.05, 3.63) is 27.2 Å².